The van der Waals surface area contributed by atoms with E-state index in [2.05, 4.69) is 12.2 Å². The lowest BCUT2D eigenvalue weighted by Gasteiger charge is -2.37. The smallest absolute Gasteiger partial charge is 0.316 e. The summed E-state index contributed by atoms with van der Waals surface area (Å²) in [7, 11) is 0. The lowest BCUT2D eigenvalue weighted by molar-refractivity contribution is -0.139. The molecule has 2 bridgehead atoms. The van der Waals surface area contributed by atoms with Crippen molar-refractivity contribution in [3.8, 4) is 5.75 Å². The second-order valence-electron chi connectivity index (χ2n) is 10.8. The van der Waals surface area contributed by atoms with E-state index in [4.69, 9.17) is 4.74 Å². The zero-order chi connectivity index (χ0) is 24.7. The highest BCUT2D eigenvalue weighted by atomic mass is 16.5. The number of anilines is 2. The highest BCUT2D eigenvalue weighted by Crippen LogP contribution is 2.65. The molecule has 3 amide bonds. The predicted octanol–water partition coefficient (Wildman–Crippen LogP) is 3.51. The number of esters is 1. The second-order valence-corrected chi connectivity index (χ2v) is 10.8. The molecule has 4 aliphatic carbocycles. The Labute approximate surface area is 208 Å². The van der Waals surface area contributed by atoms with Gasteiger partial charge in [-0.15, -0.1) is 0 Å². The van der Waals surface area contributed by atoms with E-state index < -0.39 is 11.9 Å². The lowest BCUT2D eigenvalue weighted by Crippen LogP contribution is -2.40. The molecule has 6 aliphatic rings. The molecule has 182 valence electrons. The molecule has 2 heterocycles. The van der Waals surface area contributed by atoms with Gasteiger partial charge in [0.2, 0.25) is 17.7 Å². The summed E-state index contributed by atoms with van der Waals surface area (Å²) >= 11 is 0. The van der Waals surface area contributed by atoms with E-state index >= 15 is 0 Å². The fourth-order valence-corrected chi connectivity index (χ4v) is 7.06. The van der Waals surface area contributed by atoms with Crippen LogP contribution in [0.1, 0.15) is 18.4 Å². The summed E-state index contributed by atoms with van der Waals surface area (Å²) in [4.78, 5) is 55.1. The lowest BCUT2D eigenvalue weighted by atomic mass is 9.63. The maximum absolute atomic E-state index is 13.4. The number of aryl methyl sites for hydroxylation is 1. The van der Waals surface area contributed by atoms with Gasteiger partial charge in [-0.05, 0) is 72.9 Å². The maximum atomic E-state index is 13.4. The van der Waals surface area contributed by atoms with Gasteiger partial charge in [0.15, 0.2) is 0 Å². The van der Waals surface area contributed by atoms with Crippen molar-refractivity contribution in [2.45, 2.75) is 19.8 Å². The first kappa shape index (κ1) is 21.5. The number of allylic oxidation sites excluding steroid dienone is 2. The van der Waals surface area contributed by atoms with Crippen molar-refractivity contribution >= 4 is 35.1 Å². The monoisotopic (exact) mass is 482 g/mol. The quantitative estimate of drug-likeness (QED) is 0.288. The zero-order valence-electron chi connectivity index (χ0n) is 19.9. The fraction of sp³-hybridized carbons (Fsp3) is 0.379. The van der Waals surface area contributed by atoms with Gasteiger partial charge in [-0.25, -0.2) is 4.90 Å². The van der Waals surface area contributed by atoms with Crippen molar-refractivity contribution in [2.75, 3.05) is 16.3 Å². The topological polar surface area (TPSA) is 84.0 Å². The van der Waals surface area contributed by atoms with Crippen LogP contribution in [0.15, 0.2) is 60.7 Å². The van der Waals surface area contributed by atoms with Gasteiger partial charge in [0.05, 0.1) is 23.4 Å². The van der Waals surface area contributed by atoms with Crippen molar-refractivity contribution in [3.05, 3.63) is 66.2 Å². The third kappa shape index (κ3) is 3.04. The molecular formula is C29H26N2O5. The van der Waals surface area contributed by atoms with Crippen molar-refractivity contribution in [1.82, 2.24) is 0 Å². The third-order valence-corrected chi connectivity index (χ3v) is 8.82. The first-order valence-electron chi connectivity index (χ1n) is 12.7. The third-order valence-electron chi connectivity index (χ3n) is 8.82. The normalized spacial score (nSPS) is 33.7. The van der Waals surface area contributed by atoms with E-state index in [1.165, 1.54) is 4.90 Å². The molecule has 2 saturated carbocycles. The number of carbonyl (C=O) groups is 4. The van der Waals surface area contributed by atoms with Gasteiger partial charge in [0.1, 0.15) is 5.75 Å². The van der Waals surface area contributed by atoms with Crippen LogP contribution in [-0.4, -0.2) is 30.2 Å². The Bertz CT molecular complexity index is 1310. The van der Waals surface area contributed by atoms with Crippen molar-refractivity contribution < 1.29 is 23.9 Å². The van der Waals surface area contributed by atoms with E-state index in [-0.39, 0.29) is 54.4 Å². The summed E-state index contributed by atoms with van der Waals surface area (Å²) in [6, 6.07) is 14.3. The van der Waals surface area contributed by atoms with E-state index in [9.17, 15) is 19.2 Å². The molecule has 4 fully saturated rings. The number of carbonyl (C=O) groups excluding carboxylic acids is 4. The summed E-state index contributed by atoms with van der Waals surface area (Å²) in [5.41, 5.74) is 2.01. The van der Waals surface area contributed by atoms with Crippen LogP contribution >= 0.6 is 0 Å². The van der Waals surface area contributed by atoms with Crippen LogP contribution in [0.2, 0.25) is 0 Å². The van der Waals surface area contributed by atoms with Gasteiger partial charge in [-0.2, -0.15) is 0 Å². The first-order valence-corrected chi connectivity index (χ1v) is 12.7. The second kappa shape index (κ2) is 7.63. The SMILES string of the molecule is Cc1cc(OC(=O)[C@@H]2CC(=O)N(c3ccccc3)C2)ccc1N1C(=O)[C@@H]2[C@H]3C=C[C@@H]([C@@H]4C[C@H]34)[C@H]2C1=O. The Hall–Kier alpha value is -3.74. The Morgan fingerprint density at radius 2 is 1.58 bits per heavy atom. The number of amides is 3. The van der Waals surface area contributed by atoms with Crippen LogP contribution < -0.4 is 14.5 Å². The Balaban J connectivity index is 1.07. The Kier molecular flexibility index (Phi) is 4.56. The van der Waals surface area contributed by atoms with Gasteiger partial charge in [-0.3, -0.25) is 19.2 Å². The Morgan fingerprint density at radius 1 is 0.917 bits per heavy atom. The standard InChI is InChI=1S/C29H26N2O5/c1-15-11-18(36-29(35)16-12-24(32)30(14-16)17-5-3-2-4-6-17)7-10-23(15)31-27(33)25-19-8-9-20(22-13-21(19)22)26(25)28(31)34/h2-11,16,19-22,25-26H,12-14H2,1H3/t16-,19+,20+,21-,22+,25-,26-/m1/s1. The number of rotatable bonds is 4. The largest absolute Gasteiger partial charge is 0.426 e. The highest BCUT2D eigenvalue weighted by Gasteiger charge is 2.67. The molecule has 7 nitrogen and oxygen atoms in total. The summed E-state index contributed by atoms with van der Waals surface area (Å²) in [5, 5.41) is 0. The first-order chi connectivity index (χ1) is 17.4. The van der Waals surface area contributed by atoms with Crippen LogP contribution in [-0.2, 0) is 19.2 Å². The average molecular weight is 483 g/mol. The van der Waals surface area contributed by atoms with Crippen LogP contribution in [0.4, 0.5) is 11.4 Å². The minimum absolute atomic E-state index is 0.0999. The molecule has 0 N–H and O–H groups in total. The number of hydrogen-bond acceptors (Lipinski definition) is 5. The number of ether oxygens (including phenoxy) is 1. The van der Waals surface area contributed by atoms with E-state index in [0.29, 0.717) is 28.8 Å². The number of benzene rings is 2. The molecule has 8 rings (SSSR count). The fourth-order valence-electron chi connectivity index (χ4n) is 7.06. The number of imide groups is 1. The molecule has 7 heteroatoms. The van der Waals surface area contributed by atoms with Crippen LogP contribution in [0, 0.1) is 48.3 Å². The number of hydrogen-bond donors (Lipinski definition) is 0. The highest BCUT2D eigenvalue weighted by molar-refractivity contribution is 6.23. The van der Waals surface area contributed by atoms with Gasteiger partial charge in [-0.1, -0.05) is 30.4 Å². The summed E-state index contributed by atoms with van der Waals surface area (Å²) < 4.78 is 5.63. The maximum Gasteiger partial charge on any atom is 0.316 e. The van der Waals surface area contributed by atoms with E-state index in [0.717, 1.165) is 12.1 Å². The molecule has 7 atom stereocenters. The van der Waals surface area contributed by atoms with Crippen LogP contribution in [0.25, 0.3) is 0 Å². The molecule has 0 unspecified atom stereocenters. The summed E-state index contributed by atoms with van der Waals surface area (Å²) in [6.45, 7) is 2.09. The van der Waals surface area contributed by atoms with Gasteiger partial charge in [0, 0.05) is 18.7 Å². The Morgan fingerprint density at radius 3 is 2.22 bits per heavy atom. The molecule has 0 radical (unpaired) electrons. The van der Waals surface area contributed by atoms with Gasteiger partial charge >= 0.3 is 5.97 Å². The molecule has 0 aromatic heterocycles. The minimum atomic E-state index is -0.558. The average Bonchev–Trinajstić information content (AvgIpc) is 3.56. The van der Waals surface area contributed by atoms with Gasteiger partial charge < -0.3 is 9.64 Å². The van der Waals surface area contributed by atoms with Crippen molar-refractivity contribution in [3.63, 3.8) is 0 Å². The predicted molar refractivity (Wildman–Crippen MR) is 131 cm³/mol. The molecule has 2 aromatic rings. The van der Waals surface area contributed by atoms with Gasteiger partial charge in [0.25, 0.3) is 0 Å². The number of nitrogens with zero attached hydrogens (tertiary/aromatic N) is 2. The molecule has 2 aliphatic heterocycles. The van der Waals surface area contributed by atoms with E-state index in [1.54, 1.807) is 23.1 Å². The summed E-state index contributed by atoms with van der Waals surface area (Å²) in [5.74, 6) is -0.0283. The van der Waals surface area contributed by atoms with Crippen molar-refractivity contribution in [1.29, 1.82) is 0 Å². The molecule has 2 saturated heterocycles. The molecular weight excluding hydrogens is 456 g/mol. The molecule has 36 heavy (non-hydrogen) atoms. The van der Waals surface area contributed by atoms with Crippen molar-refractivity contribution in [2.24, 2.45) is 41.4 Å². The molecule has 0 spiro atoms. The summed E-state index contributed by atoms with van der Waals surface area (Å²) in [6.07, 6.45) is 5.56. The minimum Gasteiger partial charge on any atom is -0.426 e. The van der Waals surface area contributed by atoms with E-state index in [1.807, 2.05) is 37.3 Å². The van der Waals surface area contributed by atoms with Crippen LogP contribution in [0.5, 0.6) is 5.75 Å². The number of para-hydroxylation sites is 1. The molecule has 2 aromatic carbocycles. The zero-order valence-corrected chi connectivity index (χ0v) is 19.9. The van der Waals surface area contributed by atoms with Crippen LogP contribution in [0.3, 0.4) is 0 Å².